The predicted octanol–water partition coefficient (Wildman–Crippen LogP) is 3.22. The topological polar surface area (TPSA) is 46.9 Å². The second-order valence-electron chi connectivity index (χ2n) is 5.36. The molecule has 0 aliphatic rings. The largest absolute Gasteiger partial charge is 0.338 e. The van der Waals surface area contributed by atoms with Gasteiger partial charge in [-0.2, -0.15) is 0 Å². The summed E-state index contributed by atoms with van der Waals surface area (Å²) in [5, 5.41) is 2.86. The van der Waals surface area contributed by atoms with Crippen molar-refractivity contribution in [1.29, 1.82) is 0 Å². The summed E-state index contributed by atoms with van der Waals surface area (Å²) < 4.78 is 28.0. The zero-order chi connectivity index (χ0) is 17.1. The van der Waals surface area contributed by atoms with E-state index in [-0.39, 0.29) is 11.7 Å². The molecule has 1 heterocycles. The third kappa shape index (κ3) is 3.32. The van der Waals surface area contributed by atoms with Crippen LogP contribution in [0.15, 0.2) is 60.9 Å². The zero-order valence-electron chi connectivity index (χ0n) is 12.9. The second kappa shape index (κ2) is 6.62. The molecular weight excluding hydrogens is 312 g/mol. The van der Waals surface area contributed by atoms with Crippen LogP contribution in [-0.4, -0.2) is 15.5 Å². The molecule has 0 saturated heterocycles. The van der Waals surface area contributed by atoms with Gasteiger partial charge >= 0.3 is 0 Å². The van der Waals surface area contributed by atoms with Gasteiger partial charge in [-0.25, -0.2) is 13.8 Å². The molecule has 1 N–H and O–H groups in total. The highest BCUT2D eigenvalue weighted by atomic mass is 19.1. The molecule has 3 rings (SSSR count). The van der Waals surface area contributed by atoms with Crippen molar-refractivity contribution in [3.05, 3.63) is 89.5 Å². The molecule has 2 aromatic carbocycles. The number of nitrogens with one attached hydrogen (secondary N) is 1. The Morgan fingerprint density at radius 3 is 2.17 bits per heavy atom. The number of rotatable bonds is 4. The number of carbonyl (C=O) groups is 1. The van der Waals surface area contributed by atoms with Gasteiger partial charge < -0.3 is 9.88 Å². The Morgan fingerprint density at radius 2 is 1.62 bits per heavy atom. The maximum atomic E-state index is 13.2. The standard InChI is InChI=1S/C18H15F2N3O/c1-23-11-10-21-17(23)16(12-2-6-14(19)7-3-12)22-18(24)13-4-8-15(20)9-5-13/h2-11,16H,1H3,(H,22,24)/t16-/m1/s1. The Labute approximate surface area is 137 Å². The van der Waals surface area contributed by atoms with Gasteiger partial charge in [0, 0.05) is 25.0 Å². The first-order valence-corrected chi connectivity index (χ1v) is 7.34. The summed E-state index contributed by atoms with van der Waals surface area (Å²) in [5.74, 6) is -0.530. The van der Waals surface area contributed by atoms with Gasteiger partial charge in [0.15, 0.2) is 0 Å². The van der Waals surface area contributed by atoms with Gasteiger partial charge in [-0.15, -0.1) is 0 Å². The van der Waals surface area contributed by atoms with E-state index in [9.17, 15) is 13.6 Å². The van der Waals surface area contributed by atoms with Crippen molar-refractivity contribution >= 4 is 5.91 Å². The van der Waals surface area contributed by atoms with Crippen LogP contribution >= 0.6 is 0 Å². The Morgan fingerprint density at radius 1 is 1.04 bits per heavy atom. The molecule has 0 unspecified atom stereocenters. The van der Waals surface area contributed by atoms with E-state index in [1.807, 2.05) is 7.05 Å². The molecule has 6 heteroatoms. The van der Waals surface area contributed by atoms with Crippen LogP contribution in [0.25, 0.3) is 0 Å². The van der Waals surface area contributed by atoms with Crippen molar-refractivity contribution in [3.63, 3.8) is 0 Å². The minimum atomic E-state index is -0.553. The maximum absolute atomic E-state index is 13.2. The van der Waals surface area contributed by atoms with Crippen molar-refractivity contribution in [2.24, 2.45) is 7.05 Å². The molecule has 0 bridgehead atoms. The third-order valence-corrected chi connectivity index (χ3v) is 3.70. The number of hydrogen-bond donors (Lipinski definition) is 1. The first-order chi connectivity index (χ1) is 11.5. The number of nitrogens with zero attached hydrogens (tertiary/aromatic N) is 2. The van der Waals surface area contributed by atoms with E-state index in [0.717, 1.165) is 0 Å². The van der Waals surface area contributed by atoms with E-state index in [2.05, 4.69) is 10.3 Å². The van der Waals surface area contributed by atoms with E-state index in [1.165, 1.54) is 36.4 Å². The lowest BCUT2D eigenvalue weighted by Gasteiger charge is -2.19. The summed E-state index contributed by atoms with van der Waals surface area (Å²) in [4.78, 5) is 16.7. The highest BCUT2D eigenvalue weighted by Gasteiger charge is 2.21. The molecule has 1 amide bonds. The number of halogens is 2. The van der Waals surface area contributed by atoms with Crippen LogP contribution < -0.4 is 5.32 Å². The lowest BCUT2D eigenvalue weighted by molar-refractivity contribution is 0.0941. The van der Waals surface area contributed by atoms with Crippen molar-refractivity contribution < 1.29 is 13.6 Å². The lowest BCUT2D eigenvalue weighted by Crippen LogP contribution is -2.31. The Kier molecular flexibility index (Phi) is 4.37. The van der Waals surface area contributed by atoms with E-state index < -0.39 is 11.9 Å². The molecule has 1 aromatic heterocycles. The zero-order valence-corrected chi connectivity index (χ0v) is 12.9. The van der Waals surface area contributed by atoms with Crippen LogP contribution in [0.1, 0.15) is 27.8 Å². The summed E-state index contributed by atoms with van der Waals surface area (Å²) >= 11 is 0. The molecule has 24 heavy (non-hydrogen) atoms. The van der Waals surface area contributed by atoms with Crippen LogP contribution in [0.3, 0.4) is 0 Å². The fourth-order valence-corrected chi connectivity index (χ4v) is 2.42. The van der Waals surface area contributed by atoms with Gasteiger partial charge in [-0.3, -0.25) is 4.79 Å². The first kappa shape index (κ1) is 15.9. The van der Waals surface area contributed by atoms with E-state index >= 15 is 0 Å². The van der Waals surface area contributed by atoms with Crippen LogP contribution in [0.4, 0.5) is 8.78 Å². The van der Waals surface area contributed by atoms with Crippen molar-refractivity contribution in [3.8, 4) is 0 Å². The van der Waals surface area contributed by atoms with Gasteiger partial charge in [0.2, 0.25) is 0 Å². The van der Waals surface area contributed by atoms with Gasteiger partial charge in [0.25, 0.3) is 5.91 Å². The lowest BCUT2D eigenvalue weighted by atomic mass is 10.1. The van der Waals surface area contributed by atoms with Crippen LogP contribution in [0.2, 0.25) is 0 Å². The van der Waals surface area contributed by atoms with E-state index in [1.54, 1.807) is 29.1 Å². The van der Waals surface area contributed by atoms with E-state index in [0.29, 0.717) is 17.0 Å². The van der Waals surface area contributed by atoms with Crippen LogP contribution in [0.5, 0.6) is 0 Å². The number of amides is 1. The SMILES string of the molecule is Cn1ccnc1[C@H](NC(=O)c1ccc(F)cc1)c1ccc(F)cc1. The van der Waals surface area contributed by atoms with Crippen molar-refractivity contribution in [2.75, 3.05) is 0 Å². The van der Waals surface area contributed by atoms with Gasteiger partial charge in [0.1, 0.15) is 23.5 Å². The molecule has 122 valence electrons. The highest BCUT2D eigenvalue weighted by molar-refractivity contribution is 5.94. The maximum Gasteiger partial charge on any atom is 0.252 e. The number of benzene rings is 2. The average Bonchev–Trinajstić information content (AvgIpc) is 3.00. The molecule has 0 saturated carbocycles. The van der Waals surface area contributed by atoms with E-state index in [4.69, 9.17) is 0 Å². The molecule has 0 aliphatic carbocycles. The summed E-state index contributed by atoms with van der Waals surface area (Å²) in [5.41, 5.74) is 1.03. The van der Waals surface area contributed by atoms with Gasteiger partial charge in [0.05, 0.1) is 0 Å². The Balaban J connectivity index is 1.93. The number of aryl methyl sites for hydroxylation is 1. The van der Waals surface area contributed by atoms with Crippen LogP contribution in [0, 0.1) is 11.6 Å². The third-order valence-electron chi connectivity index (χ3n) is 3.70. The monoisotopic (exact) mass is 327 g/mol. The summed E-state index contributed by atoms with van der Waals surface area (Å²) in [6.07, 6.45) is 3.38. The second-order valence-corrected chi connectivity index (χ2v) is 5.36. The fourth-order valence-electron chi connectivity index (χ4n) is 2.42. The Hall–Kier alpha value is -3.02. The van der Waals surface area contributed by atoms with Crippen molar-refractivity contribution in [2.45, 2.75) is 6.04 Å². The smallest absolute Gasteiger partial charge is 0.252 e. The molecule has 3 aromatic rings. The molecule has 0 spiro atoms. The summed E-state index contributed by atoms with van der Waals surface area (Å²) in [6.45, 7) is 0. The molecule has 4 nitrogen and oxygen atoms in total. The number of imidazole rings is 1. The minimum Gasteiger partial charge on any atom is -0.338 e. The normalized spacial score (nSPS) is 12.0. The molecule has 0 fully saturated rings. The molecular formula is C18H15F2N3O. The first-order valence-electron chi connectivity index (χ1n) is 7.34. The number of carbonyl (C=O) groups excluding carboxylic acids is 1. The molecule has 1 atom stereocenters. The Bertz CT molecular complexity index is 841. The number of hydrogen-bond acceptors (Lipinski definition) is 2. The summed E-state index contributed by atoms with van der Waals surface area (Å²) in [6, 6.07) is 10.6. The number of aromatic nitrogens is 2. The van der Waals surface area contributed by atoms with Gasteiger partial charge in [-0.1, -0.05) is 12.1 Å². The van der Waals surface area contributed by atoms with Crippen LogP contribution in [-0.2, 0) is 7.05 Å². The van der Waals surface area contributed by atoms with Crippen molar-refractivity contribution in [1.82, 2.24) is 14.9 Å². The minimum absolute atomic E-state index is 0.331. The average molecular weight is 327 g/mol. The quantitative estimate of drug-likeness (QED) is 0.800. The highest BCUT2D eigenvalue weighted by Crippen LogP contribution is 2.21. The summed E-state index contributed by atoms with van der Waals surface area (Å²) in [7, 11) is 1.81. The molecule has 0 aliphatic heterocycles. The predicted molar refractivity (Wildman–Crippen MR) is 85.3 cm³/mol. The fraction of sp³-hybridized carbons (Fsp3) is 0.111. The van der Waals surface area contributed by atoms with Gasteiger partial charge in [-0.05, 0) is 42.0 Å². The molecule has 0 radical (unpaired) electrons.